The van der Waals surface area contributed by atoms with E-state index >= 15 is 0 Å². The highest BCUT2D eigenvalue weighted by atomic mass is 16.5. The number of carbonyl (C=O) groups excluding carboxylic acids is 2. The Morgan fingerprint density at radius 3 is 1.06 bits per heavy atom. The third kappa shape index (κ3) is 53.3. The number of aliphatic hydroxyl groups is 2. The van der Waals surface area contributed by atoms with Crippen molar-refractivity contribution in [3.63, 3.8) is 0 Å². The molecule has 0 aliphatic carbocycles. The molecular formula is C61H115NO5. The summed E-state index contributed by atoms with van der Waals surface area (Å²) in [5.74, 6) is -0.0667. The summed E-state index contributed by atoms with van der Waals surface area (Å²) < 4.78 is 5.47. The molecule has 0 spiro atoms. The van der Waals surface area contributed by atoms with Crippen molar-refractivity contribution >= 4 is 11.9 Å². The van der Waals surface area contributed by atoms with Gasteiger partial charge in [0.25, 0.3) is 0 Å². The summed E-state index contributed by atoms with van der Waals surface area (Å²) >= 11 is 0. The van der Waals surface area contributed by atoms with Crippen LogP contribution < -0.4 is 5.32 Å². The van der Waals surface area contributed by atoms with Crippen molar-refractivity contribution in [2.75, 3.05) is 13.2 Å². The molecule has 0 bridgehead atoms. The number of hydrogen-bond donors (Lipinski definition) is 3. The standard InChI is InChI=1S/C61H115NO5/c1-3-5-7-9-11-13-15-16-32-35-39-43-47-51-55-61(66)67-56-52-48-44-40-36-33-30-28-26-24-22-20-18-17-19-21-23-25-27-29-31-34-38-42-46-50-54-60(65)62-58(57-63)59(64)53-49-45-41-37-14-12-10-8-6-4-2/h15-17,19,49,53,58-59,63-64H,3-14,18,20-48,50-52,54-57H2,1-2H3,(H,62,65)/b16-15-,19-17-,53-49+. The van der Waals surface area contributed by atoms with Crippen LogP contribution >= 0.6 is 0 Å². The highest BCUT2D eigenvalue weighted by Gasteiger charge is 2.18. The summed E-state index contributed by atoms with van der Waals surface area (Å²) in [6.45, 7) is 4.88. The average Bonchev–Trinajstić information content (AvgIpc) is 3.33. The Morgan fingerprint density at radius 2 is 0.701 bits per heavy atom. The molecule has 1 amide bonds. The number of amides is 1. The number of nitrogens with one attached hydrogen (secondary N) is 1. The van der Waals surface area contributed by atoms with Crippen molar-refractivity contribution in [3.05, 3.63) is 36.5 Å². The molecule has 0 radical (unpaired) electrons. The van der Waals surface area contributed by atoms with Crippen molar-refractivity contribution in [2.45, 2.75) is 328 Å². The van der Waals surface area contributed by atoms with Gasteiger partial charge < -0.3 is 20.3 Å². The monoisotopic (exact) mass is 942 g/mol. The van der Waals surface area contributed by atoms with Crippen LogP contribution in [0.3, 0.4) is 0 Å². The highest BCUT2D eigenvalue weighted by Crippen LogP contribution is 2.16. The average molecular weight is 943 g/mol. The molecule has 0 rings (SSSR count). The molecule has 3 N–H and O–H groups in total. The van der Waals surface area contributed by atoms with Gasteiger partial charge in [0.15, 0.2) is 0 Å². The van der Waals surface area contributed by atoms with Crippen LogP contribution in [0.2, 0.25) is 0 Å². The van der Waals surface area contributed by atoms with Crippen LogP contribution in [0.4, 0.5) is 0 Å². The first-order chi connectivity index (χ1) is 33.0. The number of esters is 1. The molecule has 0 aliphatic rings. The molecule has 0 heterocycles. The quantitative estimate of drug-likeness (QED) is 0.0321. The smallest absolute Gasteiger partial charge is 0.305 e. The van der Waals surface area contributed by atoms with Crippen molar-refractivity contribution in [2.24, 2.45) is 0 Å². The van der Waals surface area contributed by atoms with Crippen LogP contribution in [-0.2, 0) is 14.3 Å². The minimum atomic E-state index is -0.844. The van der Waals surface area contributed by atoms with Crippen LogP contribution in [-0.4, -0.2) is 47.4 Å². The molecule has 6 heteroatoms. The lowest BCUT2D eigenvalue weighted by Gasteiger charge is -2.20. The lowest BCUT2D eigenvalue weighted by molar-refractivity contribution is -0.143. The Hall–Kier alpha value is -1.92. The van der Waals surface area contributed by atoms with E-state index in [-0.39, 0.29) is 18.5 Å². The molecule has 0 fully saturated rings. The van der Waals surface area contributed by atoms with Gasteiger partial charge in [0, 0.05) is 12.8 Å². The first-order valence-electron chi connectivity index (χ1n) is 29.8. The molecule has 0 saturated carbocycles. The first kappa shape index (κ1) is 65.1. The second-order valence-electron chi connectivity index (χ2n) is 20.3. The normalized spacial score (nSPS) is 12.8. The minimum Gasteiger partial charge on any atom is -0.466 e. The molecule has 2 atom stereocenters. The van der Waals surface area contributed by atoms with Gasteiger partial charge in [-0.05, 0) is 83.5 Å². The van der Waals surface area contributed by atoms with Gasteiger partial charge in [0.1, 0.15) is 0 Å². The van der Waals surface area contributed by atoms with E-state index in [4.69, 9.17) is 4.74 Å². The number of aliphatic hydroxyl groups excluding tert-OH is 2. The second-order valence-corrected chi connectivity index (χ2v) is 20.3. The van der Waals surface area contributed by atoms with Crippen LogP contribution in [0.25, 0.3) is 0 Å². The van der Waals surface area contributed by atoms with Gasteiger partial charge in [-0.15, -0.1) is 0 Å². The summed E-state index contributed by atoms with van der Waals surface area (Å²) in [5.41, 5.74) is 0. The molecule has 394 valence electrons. The SMILES string of the molecule is CCCCCCC/C=C\CCCCCCCC(=O)OCCCCCCCCCCCCCC/C=C\CCCCCCCCCCCCC(=O)NC(CO)C(O)/C=C/CCCCCCCCCC. The lowest BCUT2D eigenvalue weighted by atomic mass is 10.0. The maximum atomic E-state index is 12.4. The topological polar surface area (TPSA) is 95.9 Å². The largest absolute Gasteiger partial charge is 0.466 e. The van der Waals surface area contributed by atoms with Crippen molar-refractivity contribution < 1.29 is 24.5 Å². The summed E-state index contributed by atoms with van der Waals surface area (Å²) in [5, 5.41) is 23.0. The number of carbonyl (C=O) groups is 2. The number of rotatable bonds is 55. The van der Waals surface area contributed by atoms with E-state index in [1.54, 1.807) is 6.08 Å². The summed E-state index contributed by atoms with van der Waals surface area (Å²) in [6, 6.07) is -0.627. The van der Waals surface area contributed by atoms with Crippen LogP contribution in [0.5, 0.6) is 0 Å². The highest BCUT2D eigenvalue weighted by molar-refractivity contribution is 5.76. The van der Waals surface area contributed by atoms with Crippen molar-refractivity contribution in [1.82, 2.24) is 5.32 Å². The molecule has 0 saturated heterocycles. The Balaban J connectivity index is 3.38. The zero-order valence-electron chi connectivity index (χ0n) is 44.9. The van der Waals surface area contributed by atoms with Gasteiger partial charge in [-0.1, -0.05) is 256 Å². The van der Waals surface area contributed by atoms with E-state index in [1.807, 2.05) is 6.08 Å². The zero-order chi connectivity index (χ0) is 48.6. The first-order valence-corrected chi connectivity index (χ1v) is 29.8. The minimum absolute atomic E-state index is 0.00501. The Kier molecular flexibility index (Phi) is 55.0. The van der Waals surface area contributed by atoms with Gasteiger partial charge in [-0.3, -0.25) is 9.59 Å². The van der Waals surface area contributed by atoms with Crippen molar-refractivity contribution in [3.8, 4) is 0 Å². The fourth-order valence-electron chi connectivity index (χ4n) is 9.03. The van der Waals surface area contributed by atoms with Gasteiger partial charge >= 0.3 is 5.97 Å². The predicted octanol–water partition coefficient (Wildman–Crippen LogP) is 18.4. The summed E-state index contributed by atoms with van der Waals surface area (Å²) in [6.07, 6.45) is 70.4. The van der Waals surface area contributed by atoms with Gasteiger partial charge in [-0.25, -0.2) is 0 Å². The molecule has 0 aromatic carbocycles. The van der Waals surface area contributed by atoms with E-state index in [0.29, 0.717) is 19.4 Å². The van der Waals surface area contributed by atoms with Crippen molar-refractivity contribution in [1.29, 1.82) is 0 Å². The maximum absolute atomic E-state index is 12.4. The maximum Gasteiger partial charge on any atom is 0.305 e. The van der Waals surface area contributed by atoms with E-state index < -0.39 is 12.1 Å². The fraction of sp³-hybridized carbons (Fsp3) is 0.869. The van der Waals surface area contributed by atoms with E-state index in [9.17, 15) is 19.8 Å². The summed E-state index contributed by atoms with van der Waals surface area (Å²) in [4.78, 5) is 24.4. The van der Waals surface area contributed by atoms with Crippen LogP contribution in [0, 0.1) is 0 Å². The molecule has 6 nitrogen and oxygen atoms in total. The Labute approximate surface area is 417 Å². The number of allylic oxidation sites excluding steroid dienone is 5. The van der Waals surface area contributed by atoms with Gasteiger partial charge in [-0.2, -0.15) is 0 Å². The molecule has 2 unspecified atom stereocenters. The molecule has 0 aromatic rings. The van der Waals surface area contributed by atoms with Crippen LogP contribution in [0.15, 0.2) is 36.5 Å². The third-order valence-electron chi connectivity index (χ3n) is 13.6. The summed E-state index contributed by atoms with van der Waals surface area (Å²) in [7, 11) is 0. The van der Waals surface area contributed by atoms with E-state index in [0.717, 1.165) is 44.9 Å². The second kappa shape index (κ2) is 56.7. The fourth-order valence-corrected chi connectivity index (χ4v) is 9.03. The third-order valence-corrected chi connectivity index (χ3v) is 13.6. The molecule has 0 aliphatic heterocycles. The van der Waals surface area contributed by atoms with Gasteiger partial charge in [0.05, 0.1) is 25.4 Å². The number of ether oxygens (including phenoxy) is 1. The van der Waals surface area contributed by atoms with Crippen LogP contribution in [0.1, 0.15) is 316 Å². The molecule has 67 heavy (non-hydrogen) atoms. The zero-order valence-corrected chi connectivity index (χ0v) is 44.9. The lowest BCUT2D eigenvalue weighted by Crippen LogP contribution is -2.45. The molecular weight excluding hydrogens is 827 g/mol. The molecule has 0 aromatic heterocycles. The van der Waals surface area contributed by atoms with E-state index in [2.05, 4.69) is 43.5 Å². The van der Waals surface area contributed by atoms with E-state index in [1.165, 1.54) is 244 Å². The Morgan fingerprint density at radius 1 is 0.403 bits per heavy atom. The number of unbranched alkanes of at least 4 members (excludes halogenated alkanes) is 40. The Bertz CT molecular complexity index is 1090. The predicted molar refractivity (Wildman–Crippen MR) is 292 cm³/mol. The van der Waals surface area contributed by atoms with Gasteiger partial charge in [0.2, 0.25) is 5.91 Å². The number of hydrogen-bond acceptors (Lipinski definition) is 5.